The Labute approximate surface area is 96.4 Å². The van der Waals surface area contributed by atoms with Gasteiger partial charge in [-0.15, -0.1) is 0 Å². The van der Waals surface area contributed by atoms with Gasteiger partial charge in [0, 0.05) is 12.1 Å². The van der Waals surface area contributed by atoms with Gasteiger partial charge >= 0.3 is 0 Å². The van der Waals surface area contributed by atoms with Crippen molar-refractivity contribution in [3.8, 4) is 0 Å². The SMILES string of the molecule is CCCC(OC)C(N)c1ccccc1Cl. The van der Waals surface area contributed by atoms with Crippen LogP contribution in [-0.2, 0) is 4.74 Å². The van der Waals surface area contributed by atoms with E-state index >= 15 is 0 Å². The van der Waals surface area contributed by atoms with E-state index in [1.807, 2.05) is 24.3 Å². The van der Waals surface area contributed by atoms with E-state index in [1.165, 1.54) is 0 Å². The number of halogens is 1. The Balaban J connectivity index is 2.82. The lowest BCUT2D eigenvalue weighted by molar-refractivity contribution is 0.0725. The van der Waals surface area contributed by atoms with Gasteiger partial charge in [-0.25, -0.2) is 0 Å². The van der Waals surface area contributed by atoms with Gasteiger partial charge in [0.1, 0.15) is 0 Å². The van der Waals surface area contributed by atoms with Crippen LogP contribution in [0.3, 0.4) is 0 Å². The second kappa shape index (κ2) is 6.11. The molecule has 0 radical (unpaired) electrons. The Hall–Kier alpha value is -0.570. The standard InChI is InChI=1S/C12H18ClNO/c1-3-6-11(15-2)12(14)9-7-4-5-8-10(9)13/h4-5,7-8,11-12H,3,6,14H2,1-2H3. The van der Waals surface area contributed by atoms with Crippen molar-refractivity contribution < 1.29 is 4.74 Å². The molecule has 0 fully saturated rings. The molecule has 2 N–H and O–H groups in total. The smallest absolute Gasteiger partial charge is 0.0764 e. The molecule has 0 spiro atoms. The Morgan fingerprint density at radius 3 is 2.60 bits per heavy atom. The zero-order valence-corrected chi connectivity index (χ0v) is 10.00. The summed E-state index contributed by atoms with van der Waals surface area (Å²) in [4.78, 5) is 0. The summed E-state index contributed by atoms with van der Waals surface area (Å²) in [5.74, 6) is 0. The summed E-state index contributed by atoms with van der Waals surface area (Å²) >= 11 is 6.08. The van der Waals surface area contributed by atoms with Crippen LogP contribution in [0.1, 0.15) is 31.4 Å². The molecular formula is C12H18ClNO. The van der Waals surface area contributed by atoms with Crippen LogP contribution in [0.25, 0.3) is 0 Å². The average molecular weight is 228 g/mol. The molecular weight excluding hydrogens is 210 g/mol. The van der Waals surface area contributed by atoms with E-state index < -0.39 is 0 Å². The minimum atomic E-state index is -0.149. The molecule has 0 aliphatic heterocycles. The van der Waals surface area contributed by atoms with Gasteiger partial charge in [0.15, 0.2) is 0 Å². The van der Waals surface area contributed by atoms with Crippen LogP contribution in [0, 0.1) is 0 Å². The van der Waals surface area contributed by atoms with E-state index in [0.717, 1.165) is 18.4 Å². The number of hydrogen-bond acceptors (Lipinski definition) is 2. The van der Waals surface area contributed by atoms with E-state index in [2.05, 4.69) is 6.92 Å². The van der Waals surface area contributed by atoms with Crippen molar-refractivity contribution in [2.75, 3.05) is 7.11 Å². The molecule has 0 saturated heterocycles. The van der Waals surface area contributed by atoms with E-state index in [4.69, 9.17) is 22.1 Å². The van der Waals surface area contributed by atoms with E-state index in [0.29, 0.717) is 5.02 Å². The normalized spacial score (nSPS) is 14.9. The van der Waals surface area contributed by atoms with Gasteiger partial charge in [0.05, 0.1) is 12.1 Å². The molecule has 15 heavy (non-hydrogen) atoms. The number of hydrogen-bond donors (Lipinski definition) is 1. The van der Waals surface area contributed by atoms with E-state index in [1.54, 1.807) is 7.11 Å². The predicted octanol–water partition coefficient (Wildman–Crippen LogP) is 3.15. The zero-order chi connectivity index (χ0) is 11.3. The summed E-state index contributed by atoms with van der Waals surface area (Å²) in [6, 6.07) is 7.51. The van der Waals surface area contributed by atoms with Crippen LogP contribution in [0.2, 0.25) is 5.02 Å². The van der Waals surface area contributed by atoms with Gasteiger partial charge in [-0.3, -0.25) is 0 Å². The van der Waals surface area contributed by atoms with Gasteiger partial charge in [-0.05, 0) is 18.1 Å². The van der Waals surface area contributed by atoms with Crippen molar-refractivity contribution in [2.24, 2.45) is 5.73 Å². The van der Waals surface area contributed by atoms with Crippen LogP contribution in [-0.4, -0.2) is 13.2 Å². The summed E-state index contributed by atoms with van der Waals surface area (Å²) in [5, 5.41) is 0.711. The first-order valence-electron chi connectivity index (χ1n) is 5.23. The van der Waals surface area contributed by atoms with E-state index in [-0.39, 0.29) is 12.1 Å². The highest BCUT2D eigenvalue weighted by atomic mass is 35.5. The second-order valence-corrected chi connectivity index (χ2v) is 4.02. The van der Waals surface area contributed by atoms with Crippen molar-refractivity contribution in [1.29, 1.82) is 0 Å². The molecule has 0 amide bonds. The third-order valence-corrected chi connectivity index (χ3v) is 2.89. The van der Waals surface area contributed by atoms with Crippen LogP contribution < -0.4 is 5.73 Å². The third kappa shape index (κ3) is 3.20. The Kier molecular flexibility index (Phi) is 5.09. The lowest BCUT2D eigenvalue weighted by Crippen LogP contribution is -2.28. The quantitative estimate of drug-likeness (QED) is 0.839. The van der Waals surface area contributed by atoms with Crippen LogP contribution in [0.5, 0.6) is 0 Å². The fourth-order valence-electron chi connectivity index (χ4n) is 1.67. The molecule has 0 saturated carbocycles. The first-order valence-corrected chi connectivity index (χ1v) is 5.61. The molecule has 2 nitrogen and oxygen atoms in total. The highest BCUT2D eigenvalue weighted by Gasteiger charge is 2.19. The van der Waals surface area contributed by atoms with Crippen LogP contribution in [0.4, 0.5) is 0 Å². The number of methoxy groups -OCH3 is 1. The fourth-order valence-corrected chi connectivity index (χ4v) is 1.94. The van der Waals surface area contributed by atoms with E-state index in [9.17, 15) is 0 Å². The first-order chi connectivity index (χ1) is 7.20. The van der Waals surface area contributed by atoms with Crippen molar-refractivity contribution in [3.63, 3.8) is 0 Å². The summed E-state index contributed by atoms with van der Waals surface area (Å²) in [6.07, 6.45) is 2.04. The molecule has 1 aromatic rings. The lowest BCUT2D eigenvalue weighted by atomic mass is 9.99. The van der Waals surface area contributed by atoms with Crippen LogP contribution in [0.15, 0.2) is 24.3 Å². The number of nitrogens with two attached hydrogens (primary N) is 1. The number of rotatable bonds is 5. The third-order valence-electron chi connectivity index (χ3n) is 2.54. The fraction of sp³-hybridized carbons (Fsp3) is 0.500. The highest BCUT2D eigenvalue weighted by Crippen LogP contribution is 2.26. The summed E-state index contributed by atoms with van der Waals surface area (Å²) in [7, 11) is 1.69. The molecule has 0 aliphatic carbocycles. The summed E-state index contributed by atoms with van der Waals surface area (Å²) < 4.78 is 5.38. The van der Waals surface area contributed by atoms with Gasteiger partial charge in [0.25, 0.3) is 0 Å². The second-order valence-electron chi connectivity index (χ2n) is 3.61. The van der Waals surface area contributed by atoms with Crippen molar-refractivity contribution >= 4 is 11.6 Å². The molecule has 1 rings (SSSR count). The van der Waals surface area contributed by atoms with Crippen LogP contribution >= 0.6 is 11.6 Å². The Morgan fingerprint density at radius 1 is 1.40 bits per heavy atom. The first kappa shape index (κ1) is 12.5. The number of benzene rings is 1. The largest absolute Gasteiger partial charge is 0.379 e. The topological polar surface area (TPSA) is 35.2 Å². The van der Waals surface area contributed by atoms with Gasteiger partial charge in [-0.1, -0.05) is 43.1 Å². The molecule has 2 atom stereocenters. The maximum Gasteiger partial charge on any atom is 0.0764 e. The monoisotopic (exact) mass is 227 g/mol. The molecule has 1 aromatic carbocycles. The minimum Gasteiger partial charge on any atom is -0.379 e. The van der Waals surface area contributed by atoms with Crippen molar-refractivity contribution in [2.45, 2.75) is 31.9 Å². The minimum absolute atomic E-state index is 0.0369. The molecule has 0 bridgehead atoms. The molecule has 0 aliphatic rings. The summed E-state index contributed by atoms with van der Waals surface area (Å²) in [6.45, 7) is 2.12. The van der Waals surface area contributed by atoms with Crippen molar-refractivity contribution in [1.82, 2.24) is 0 Å². The maximum atomic E-state index is 6.13. The lowest BCUT2D eigenvalue weighted by Gasteiger charge is -2.23. The zero-order valence-electron chi connectivity index (χ0n) is 9.24. The highest BCUT2D eigenvalue weighted by molar-refractivity contribution is 6.31. The Morgan fingerprint density at radius 2 is 2.07 bits per heavy atom. The van der Waals surface area contributed by atoms with Crippen molar-refractivity contribution in [3.05, 3.63) is 34.9 Å². The molecule has 0 heterocycles. The average Bonchev–Trinajstić information content (AvgIpc) is 2.25. The molecule has 84 valence electrons. The van der Waals surface area contributed by atoms with Gasteiger partial charge < -0.3 is 10.5 Å². The predicted molar refractivity (Wildman–Crippen MR) is 64.1 cm³/mol. The summed E-state index contributed by atoms with van der Waals surface area (Å²) in [5.41, 5.74) is 7.09. The number of ether oxygens (including phenoxy) is 1. The Bertz CT molecular complexity index is 303. The van der Waals surface area contributed by atoms with Gasteiger partial charge in [0.2, 0.25) is 0 Å². The molecule has 3 heteroatoms. The van der Waals surface area contributed by atoms with Gasteiger partial charge in [-0.2, -0.15) is 0 Å². The molecule has 0 aromatic heterocycles. The molecule has 2 unspecified atom stereocenters. The maximum absolute atomic E-state index is 6.13.